The summed E-state index contributed by atoms with van der Waals surface area (Å²) in [5, 5.41) is 16.2. The predicted octanol–water partition coefficient (Wildman–Crippen LogP) is 2.84. The molecule has 0 saturated carbocycles. The van der Waals surface area contributed by atoms with Crippen molar-refractivity contribution in [1.82, 2.24) is 19.9 Å². The van der Waals surface area contributed by atoms with Crippen LogP contribution in [0.5, 0.6) is 0 Å². The molecule has 1 aliphatic heterocycles. The highest BCUT2D eigenvalue weighted by Crippen LogP contribution is 2.20. The Morgan fingerprint density at radius 2 is 1.92 bits per heavy atom. The number of hydrogen-bond acceptors (Lipinski definition) is 8. The summed E-state index contributed by atoms with van der Waals surface area (Å²) in [4.78, 5) is 39.0. The van der Waals surface area contributed by atoms with Crippen molar-refractivity contribution in [1.29, 1.82) is 0 Å². The quantitative estimate of drug-likeness (QED) is 0.243. The highest BCUT2D eigenvalue weighted by molar-refractivity contribution is 5.79. The normalized spacial score (nSPS) is 13.6. The number of fused-ring (bicyclic) bond motifs is 2. The largest absolute Gasteiger partial charge is 0.480 e. The van der Waals surface area contributed by atoms with Crippen molar-refractivity contribution in [3.05, 3.63) is 53.9 Å². The number of carboxylic acids is 1. The van der Waals surface area contributed by atoms with Gasteiger partial charge in [0.25, 0.3) is 0 Å². The minimum absolute atomic E-state index is 0.235. The van der Waals surface area contributed by atoms with Gasteiger partial charge in [0.15, 0.2) is 0 Å². The van der Waals surface area contributed by atoms with E-state index in [-0.39, 0.29) is 12.3 Å². The van der Waals surface area contributed by atoms with Gasteiger partial charge in [0.2, 0.25) is 5.91 Å². The molecule has 3 aromatic rings. The molecule has 1 amide bonds. The summed E-state index contributed by atoms with van der Waals surface area (Å²) in [7, 11) is 0. The number of carbonyl (C=O) groups excluding carboxylic acids is 1. The van der Waals surface area contributed by atoms with Crippen LogP contribution in [0.2, 0.25) is 0 Å². The molecule has 10 heteroatoms. The Bertz CT molecular complexity index is 1220. The van der Waals surface area contributed by atoms with Crippen LogP contribution in [0.1, 0.15) is 43.4 Å². The number of rotatable bonds is 14. The number of carbonyl (C=O) groups is 2. The van der Waals surface area contributed by atoms with Gasteiger partial charge in [0, 0.05) is 31.7 Å². The Hall–Kier alpha value is -3.79. The van der Waals surface area contributed by atoms with Crippen molar-refractivity contribution in [2.24, 2.45) is 5.73 Å². The van der Waals surface area contributed by atoms with E-state index in [0.717, 1.165) is 62.2 Å². The molecular weight excluding hydrogens is 470 g/mol. The molecule has 0 bridgehead atoms. The number of unbranched alkanes of at least 4 members (excludes halogenated alkanes) is 1. The van der Waals surface area contributed by atoms with Crippen LogP contribution in [0.25, 0.3) is 11.0 Å². The molecule has 1 aliphatic rings. The number of pyridine rings is 1. The summed E-state index contributed by atoms with van der Waals surface area (Å²) < 4.78 is 0. The topological polar surface area (TPSA) is 146 Å². The van der Waals surface area contributed by atoms with Crippen LogP contribution in [-0.4, -0.2) is 69.1 Å². The molecule has 4 rings (SSSR count). The summed E-state index contributed by atoms with van der Waals surface area (Å²) in [5.74, 6) is 0.101. The van der Waals surface area contributed by atoms with Gasteiger partial charge in [0.1, 0.15) is 17.7 Å². The van der Waals surface area contributed by atoms with E-state index in [0.29, 0.717) is 30.8 Å². The highest BCUT2D eigenvalue weighted by Gasteiger charge is 2.20. The zero-order chi connectivity index (χ0) is 26.0. The zero-order valence-corrected chi connectivity index (χ0v) is 21.0. The van der Waals surface area contributed by atoms with E-state index in [9.17, 15) is 14.7 Å². The second-order valence-corrected chi connectivity index (χ2v) is 9.42. The summed E-state index contributed by atoms with van der Waals surface area (Å²) in [6, 6.07) is 10.9. The molecule has 5 N–H and O–H groups in total. The Morgan fingerprint density at radius 3 is 2.73 bits per heavy atom. The molecule has 37 heavy (non-hydrogen) atoms. The fourth-order valence-corrected chi connectivity index (χ4v) is 4.53. The molecule has 2 aromatic heterocycles. The number of primary amides is 1. The van der Waals surface area contributed by atoms with Gasteiger partial charge < -0.3 is 26.4 Å². The van der Waals surface area contributed by atoms with Gasteiger partial charge in [-0.1, -0.05) is 18.2 Å². The number of amides is 1. The molecule has 0 spiro atoms. The van der Waals surface area contributed by atoms with Crippen LogP contribution in [0, 0.1) is 0 Å². The van der Waals surface area contributed by atoms with Crippen molar-refractivity contribution in [3.63, 3.8) is 0 Å². The maximum absolute atomic E-state index is 12.0. The molecule has 196 valence electrons. The Balaban J connectivity index is 1.29. The van der Waals surface area contributed by atoms with Gasteiger partial charge in [0.05, 0.1) is 17.2 Å². The number of benzene rings is 1. The SMILES string of the molecule is NC(=O)CCN(CCCCc1ccc2c(n1)NCCC2)CC[C@H](Nc1cnc2ccccc2n1)C(=O)O. The van der Waals surface area contributed by atoms with Crippen LogP contribution in [0.15, 0.2) is 42.6 Å². The van der Waals surface area contributed by atoms with Gasteiger partial charge in [-0.25, -0.2) is 14.8 Å². The standard InChI is InChI=1S/C27H35N7O3/c28-24(35)13-17-34(15-4-3-7-20-11-10-19-6-5-14-29-26(19)31-20)16-12-23(27(36)37)33-25-18-30-21-8-1-2-9-22(21)32-25/h1-2,8-11,18,23H,3-7,12-17H2,(H2,28,35)(H,29,31)(H,32,33)(H,36,37)/t23-/m0/s1. The summed E-state index contributed by atoms with van der Waals surface area (Å²) in [5.41, 5.74) is 9.18. The van der Waals surface area contributed by atoms with Crippen LogP contribution < -0.4 is 16.4 Å². The van der Waals surface area contributed by atoms with E-state index in [1.165, 1.54) is 5.56 Å². The van der Waals surface area contributed by atoms with Crippen molar-refractivity contribution >= 4 is 34.5 Å². The van der Waals surface area contributed by atoms with Gasteiger partial charge >= 0.3 is 5.97 Å². The molecule has 1 aromatic carbocycles. The Kier molecular flexibility index (Phi) is 9.20. The molecule has 0 fully saturated rings. The van der Waals surface area contributed by atoms with Crippen molar-refractivity contribution in [3.8, 4) is 0 Å². The number of carboxylic acid groups (broad SMARTS) is 1. The monoisotopic (exact) mass is 505 g/mol. The number of aromatic nitrogens is 3. The minimum Gasteiger partial charge on any atom is -0.480 e. The van der Waals surface area contributed by atoms with Gasteiger partial charge in [-0.15, -0.1) is 0 Å². The van der Waals surface area contributed by atoms with Gasteiger partial charge in [-0.3, -0.25) is 9.78 Å². The minimum atomic E-state index is -0.961. The van der Waals surface area contributed by atoms with E-state index in [4.69, 9.17) is 10.7 Å². The van der Waals surface area contributed by atoms with Crippen molar-refractivity contribution < 1.29 is 14.7 Å². The third-order valence-corrected chi connectivity index (χ3v) is 6.59. The third kappa shape index (κ3) is 7.85. The van der Waals surface area contributed by atoms with E-state index in [2.05, 4.69) is 37.6 Å². The first-order valence-electron chi connectivity index (χ1n) is 12.9. The number of anilines is 2. The van der Waals surface area contributed by atoms with E-state index >= 15 is 0 Å². The number of aliphatic carboxylic acids is 1. The first-order valence-corrected chi connectivity index (χ1v) is 12.9. The number of aryl methyl sites for hydroxylation is 2. The average molecular weight is 506 g/mol. The fraction of sp³-hybridized carbons (Fsp3) is 0.444. The maximum atomic E-state index is 12.0. The van der Waals surface area contributed by atoms with Gasteiger partial charge in [-0.2, -0.15) is 0 Å². The lowest BCUT2D eigenvalue weighted by atomic mass is 10.1. The first-order chi connectivity index (χ1) is 18.0. The molecule has 0 radical (unpaired) electrons. The maximum Gasteiger partial charge on any atom is 0.326 e. The number of nitrogens with one attached hydrogen (secondary N) is 2. The number of nitrogens with two attached hydrogens (primary N) is 1. The summed E-state index contributed by atoms with van der Waals surface area (Å²) in [6.45, 7) is 2.73. The van der Waals surface area contributed by atoms with Crippen LogP contribution in [0.4, 0.5) is 11.6 Å². The molecule has 0 aliphatic carbocycles. The molecule has 3 heterocycles. The number of para-hydroxylation sites is 2. The lowest BCUT2D eigenvalue weighted by Gasteiger charge is -2.24. The van der Waals surface area contributed by atoms with Crippen LogP contribution in [-0.2, 0) is 22.4 Å². The second kappa shape index (κ2) is 13.0. The first kappa shape index (κ1) is 26.3. The smallest absolute Gasteiger partial charge is 0.326 e. The molecule has 1 atom stereocenters. The molecular formula is C27H35N7O3. The fourth-order valence-electron chi connectivity index (χ4n) is 4.53. The van der Waals surface area contributed by atoms with Crippen LogP contribution in [0.3, 0.4) is 0 Å². The lowest BCUT2D eigenvalue weighted by Crippen LogP contribution is -2.37. The Labute approximate surface area is 216 Å². The highest BCUT2D eigenvalue weighted by atomic mass is 16.4. The van der Waals surface area contributed by atoms with Crippen molar-refractivity contribution in [2.75, 3.05) is 36.8 Å². The molecule has 0 saturated heterocycles. The lowest BCUT2D eigenvalue weighted by molar-refractivity contribution is -0.138. The zero-order valence-electron chi connectivity index (χ0n) is 21.0. The number of nitrogens with zero attached hydrogens (tertiary/aromatic N) is 4. The van der Waals surface area contributed by atoms with E-state index in [1.54, 1.807) is 6.20 Å². The van der Waals surface area contributed by atoms with Gasteiger partial charge in [-0.05, 0) is 68.8 Å². The molecule has 10 nitrogen and oxygen atoms in total. The Morgan fingerprint density at radius 1 is 1.08 bits per heavy atom. The molecule has 0 unspecified atom stereocenters. The van der Waals surface area contributed by atoms with Crippen LogP contribution >= 0.6 is 0 Å². The average Bonchev–Trinajstić information content (AvgIpc) is 2.90. The van der Waals surface area contributed by atoms with E-state index in [1.807, 2.05) is 24.3 Å². The second-order valence-electron chi connectivity index (χ2n) is 9.42. The third-order valence-electron chi connectivity index (χ3n) is 6.59. The summed E-state index contributed by atoms with van der Waals surface area (Å²) in [6.07, 6.45) is 7.08. The predicted molar refractivity (Wildman–Crippen MR) is 143 cm³/mol. The van der Waals surface area contributed by atoms with Crippen molar-refractivity contribution in [2.45, 2.75) is 51.0 Å². The number of hydrogen-bond donors (Lipinski definition) is 4. The van der Waals surface area contributed by atoms with E-state index < -0.39 is 12.0 Å². The summed E-state index contributed by atoms with van der Waals surface area (Å²) >= 11 is 0.